The van der Waals surface area contributed by atoms with Crippen molar-refractivity contribution in [2.75, 3.05) is 32.4 Å². The van der Waals surface area contributed by atoms with Crippen molar-refractivity contribution in [1.82, 2.24) is 14.5 Å². The average Bonchev–Trinajstić information content (AvgIpc) is 3.17. The molecule has 190 valence electrons. The van der Waals surface area contributed by atoms with E-state index in [0.717, 1.165) is 68.9 Å². The van der Waals surface area contributed by atoms with E-state index in [1.807, 2.05) is 23.3 Å². The van der Waals surface area contributed by atoms with Crippen LogP contribution in [0.15, 0.2) is 52.3 Å². The van der Waals surface area contributed by atoms with Gasteiger partial charge in [-0.1, -0.05) is 43.5 Å². The Morgan fingerprint density at radius 2 is 1.54 bits per heavy atom. The summed E-state index contributed by atoms with van der Waals surface area (Å²) in [4.78, 5) is 18.6. The van der Waals surface area contributed by atoms with Gasteiger partial charge in [0, 0.05) is 31.1 Å². The number of nitrogens with one attached hydrogen (secondary N) is 1. The first-order valence-corrected chi connectivity index (χ1v) is 15.4. The molecule has 0 unspecified atom stereocenters. The van der Waals surface area contributed by atoms with Crippen LogP contribution in [-0.2, 0) is 23.1 Å². The van der Waals surface area contributed by atoms with Crippen LogP contribution in [0.2, 0.25) is 0 Å². The number of likely N-dealkylation sites (tertiary alicyclic amines) is 2. The number of sulfonamides is 1. The largest absolute Gasteiger partial charge is 0.339 e. The van der Waals surface area contributed by atoms with Gasteiger partial charge in [-0.3, -0.25) is 9.69 Å². The van der Waals surface area contributed by atoms with Crippen molar-refractivity contribution in [3.63, 3.8) is 0 Å². The minimum atomic E-state index is -3.76. The molecule has 0 radical (unpaired) electrons. The summed E-state index contributed by atoms with van der Waals surface area (Å²) < 4.78 is 29.1. The highest BCUT2D eigenvalue weighted by Crippen LogP contribution is 2.26. The third kappa shape index (κ3) is 7.09. The lowest BCUT2D eigenvalue weighted by molar-refractivity contribution is 0.0758. The van der Waals surface area contributed by atoms with E-state index in [9.17, 15) is 13.2 Å². The molecule has 2 aromatic rings. The summed E-state index contributed by atoms with van der Waals surface area (Å²) in [6, 6.07) is 13.0. The van der Waals surface area contributed by atoms with Crippen molar-refractivity contribution in [3.8, 4) is 0 Å². The maximum atomic E-state index is 13.3. The van der Waals surface area contributed by atoms with Crippen molar-refractivity contribution < 1.29 is 13.2 Å². The zero-order chi connectivity index (χ0) is 24.7. The second-order valence-corrected chi connectivity index (χ2v) is 12.2. The Balaban J connectivity index is 1.46. The normalized spacial score (nSPS) is 17.8. The number of rotatable bonds is 8. The van der Waals surface area contributed by atoms with Crippen LogP contribution in [0, 0.1) is 0 Å². The highest BCUT2D eigenvalue weighted by atomic mass is 32.2. The maximum absolute atomic E-state index is 13.3. The van der Waals surface area contributed by atoms with Gasteiger partial charge in [-0.2, -0.15) is 0 Å². The number of hydrogen-bond donors (Lipinski definition) is 1. The monoisotopic (exact) mass is 515 g/mol. The molecule has 8 heteroatoms. The summed E-state index contributed by atoms with van der Waals surface area (Å²) in [7, 11) is -3.76. The molecule has 35 heavy (non-hydrogen) atoms. The zero-order valence-electron chi connectivity index (χ0n) is 20.7. The summed E-state index contributed by atoms with van der Waals surface area (Å²) in [5, 5.41) is 0. The molecule has 0 saturated carbocycles. The molecule has 2 heterocycles. The van der Waals surface area contributed by atoms with Gasteiger partial charge in [0.2, 0.25) is 10.0 Å². The van der Waals surface area contributed by atoms with Crippen molar-refractivity contribution in [1.29, 1.82) is 0 Å². The summed E-state index contributed by atoms with van der Waals surface area (Å²) in [6.45, 7) is 4.84. The Hall–Kier alpha value is -1.87. The Bertz CT molecular complexity index is 1110. The van der Waals surface area contributed by atoms with Gasteiger partial charge < -0.3 is 4.90 Å². The highest BCUT2D eigenvalue weighted by molar-refractivity contribution is 7.98. The third-order valence-electron chi connectivity index (χ3n) is 6.92. The van der Waals surface area contributed by atoms with Crippen LogP contribution in [0.5, 0.6) is 0 Å². The van der Waals surface area contributed by atoms with Crippen molar-refractivity contribution in [2.24, 2.45) is 0 Å². The topological polar surface area (TPSA) is 69.7 Å². The molecular formula is C27H37N3O3S2. The van der Waals surface area contributed by atoms with Gasteiger partial charge in [0.15, 0.2) is 0 Å². The molecule has 0 atom stereocenters. The predicted molar refractivity (Wildman–Crippen MR) is 142 cm³/mol. The number of nitrogens with zero attached hydrogens (tertiary/aromatic N) is 2. The molecular weight excluding hydrogens is 478 g/mol. The lowest BCUT2D eigenvalue weighted by atomic mass is 10.1. The molecule has 1 amide bonds. The summed E-state index contributed by atoms with van der Waals surface area (Å²) >= 11 is 1.47. The Kier molecular flexibility index (Phi) is 9.27. The number of hydrogen-bond acceptors (Lipinski definition) is 5. The quantitative estimate of drug-likeness (QED) is 0.507. The van der Waals surface area contributed by atoms with Crippen LogP contribution in [0.1, 0.15) is 66.4 Å². The van der Waals surface area contributed by atoms with E-state index in [2.05, 4.69) is 21.8 Å². The lowest BCUT2D eigenvalue weighted by Gasteiger charge is -2.26. The van der Waals surface area contributed by atoms with Crippen LogP contribution in [0.4, 0.5) is 0 Å². The fourth-order valence-electron chi connectivity index (χ4n) is 4.94. The van der Waals surface area contributed by atoms with Gasteiger partial charge in [0.1, 0.15) is 0 Å². The van der Waals surface area contributed by atoms with Gasteiger partial charge in [-0.25, -0.2) is 13.1 Å². The molecule has 2 aliphatic heterocycles. The smallest absolute Gasteiger partial charge is 0.255 e. The summed E-state index contributed by atoms with van der Waals surface area (Å²) in [5.41, 5.74) is 2.62. The minimum absolute atomic E-state index is 0.0706. The summed E-state index contributed by atoms with van der Waals surface area (Å²) in [6.07, 6.45) is 9.98. The van der Waals surface area contributed by atoms with E-state index in [-0.39, 0.29) is 17.3 Å². The number of thioether (sulfide) groups is 1. The first-order valence-electron chi connectivity index (χ1n) is 12.7. The number of carbonyl (C=O) groups is 1. The van der Waals surface area contributed by atoms with Gasteiger partial charge in [0.05, 0.1) is 10.5 Å². The summed E-state index contributed by atoms with van der Waals surface area (Å²) in [5.74, 6) is -0.0706. The second-order valence-electron chi connectivity index (χ2n) is 9.55. The molecule has 1 N–H and O–H groups in total. The fourth-order valence-corrected chi connectivity index (χ4v) is 6.55. The van der Waals surface area contributed by atoms with Gasteiger partial charge in [-0.05, 0) is 74.4 Å². The van der Waals surface area contributed by atoms with Crippen LogP contribution in [0.25, 0.3) is 0 Å². The Morgan fingerprint density at radius 3 is 2.26 bits per heavy atom. The van der Waals surface area contributed by atoms with Crippen LogP contribution < -0.4 is 4.72 Å². The molecule has 0 aliphatic carbocycles. The standard InChI is InChI=1S/C27H37N3O3S2/c1-34-26-13-12-24(19-25(26)27(31)30-16-7-2-3-8-17-30)35(32,33)28-20-22-10-9-11-23(18-22)21-29-14-5-4-6-15-29/h9-13,18-19,28H,2-8,14-17,20-21H2,1H3. The van der Waals surface area contributed by atoms with E-state index in [1.54, 1.807) is 18.2 Å². The van der Waals surface area contributed by atoms with Crippen LogP contribution in [-0.4, -0.2) is 56.6 Å². The lowest BCUT2D eigenvalue weighted by Crippen LogP contribution is -2.32. The van der Waals surface area contributed by atoms with Crippen LogP contribution >= 0.6 is 11.8 Å². The fraction of sp³-hybridized carbons (Fsp3) is 0.519. The average molecular weight is 516 g/mol. The van der Waals surface area contributed by atoms with Crippen molar-refractivity contribution in [2.45, 2.75) is 67.8 Å². The first-order chi connectivity index (χ1) is 17.0. The van der Waals surface area contributed by atoms with E-state index >= 15 is 0 Å². The minimum Gasteiger partial charge on any atom is -0.339 e. The van der Waals surface area contributed by atoms with Gasteiger partial charge in [-0.15, -0.1) is 11.8 Å². The number of piperidine rings is 1. The highest BCUT2D eigenvalue weighted by Gasteiger charge is 2.23. The van der Waals surface area contributed by atoms with E-state index < -0.39 is 10.0 Å². The molecule has 0 spiro atoms. The van der Waals surface area contributed by atoms with E-state index in [1.165, 1.54) is 36.6 Å². The van der Waals surface area contributed by atoms with E-state index in [0.29, 0.717) is 5.56 Å². The Labute approximate surface area is 214 Å². The van der Waals surface area contributed by atoms with Gasteiger partial charge >= 0.3 is 0 Å². The molecule has 2 saturated heterocycles. The SMILES string of the molecule is CSc1ccc(S(=O)(=O)NCc2cccc(CN3CCCCC3)c2)cc1C(=O)N1CCCCCC1. The first kappa shape index (κ1) is 26.2. The predicted octanol–water partition coefficient (Wildman–Crippen LogP) is 4.89. The molecule has 2 aromatic carbocycles. The van der Waals surface area contributed by atoms with Gasteiger partial charge in [0.25, 0.3) is 5.91 Å². The van der Waals surface area contributed by atoms with Crippen molar-refractivity contribution >= 4 is 27.7 Å². The Morgan fingerprint density at radius 1 is 0.886 bits per heavy atom. The molecule has 4 rings (SSSR count). The third-order valence-corrected chi connectivity index (χ3v) is 9.11. The number of benzene rings is 2. The number of carbonyl (C=O) groups excluding carboxylic acids is 1. The van der Waals surface area contributed by atoms with Crippen LogP contribution in [0.3, 0.4) is 0 Å². The van der Waals surface area contributed by atoms with E-state index in [4.69, 9.17) is 0 Å². The zero-order valence-corrected chi connectivity index (χ0v) is 22.3. The molecule has 0 aromatic heterocycles. The second kappa shape index (κ2) is 12.4. The number of amides is 1. The molecule has 2 aliphatic rings. The molecule has 6 nitrogen and oxygen atoms in total. The molecule has 0 bridgehead atoms. The van der Waals surface area contributed by atoms with Crippen molar-refractivity contribution in [3.05, 3.63) is 59.2 Å². The maximum Gasteiger partial charge on any atom is 0.255 e. The molecule has 2 fully saturated rings.